The quantitative estimate of drug-likeness (QED) is 0.397. The number of ether oxygens (including phenoxy) is 2. The Morgan fingerprint density at radius 3 is 2.53 bits per heavy atom. The summed E-state index contributed by atoms with van der Waals surface area (Å²) < 4.78 is 12.9. The van der Waals surface area contributed by atoms with E-state index in [1.165, 1.54) is 11.8 Å². The van der Waals surface area contributed by atoms with Crippen LogP contribution in [-0.2, 0) is 4.79 Å². The zero-order chi connectivity index (χ0) is 23.5. The minimum atomic E-state index is -0.116. The van der Waals surface area contributed by atoms with Gasteiger partial charge in [-0.3, -0.25) is 9.36 Å². The molecule has 0 aliphatic carbocycles. The number of benzene rings is 3. The fourth-order valence-electron chi connectivity index (χ4n) is 3.57. The Hall–Kier alpha value is -3.98. The Morgan fingerprint density at radius 2 is 1.76 bits per heavy atom. The van der Waals surface area contributed by atoms with E-state index < -0.39 is 0 Å². The number of carbonyl (C=O) groups is 1. The van der Waals surface area contributed by atoms with Gasteiger partial charge in [-0.15, -0.1) is 10.2 Å². The Balaban J connectivity index is 1.37. The second-order valence-electron chi connectivity index (χ2n) is 7.82. The van der Waals surface area contributed by atoms with E-state index in [0.717, 1.165) is 22.6 Å². The molecule has 34 heavy (non-hydrogen) atoms. The van der Waals surface area contributed by atoms with Crippen molar-refractivity contribution in [2.45, 2.75) is 5.16 Å². The van der Waals surface area contributed by atoms with Crippen LogP contribution in [0.3, 0.4) is 0 Å². The number of anilines is 2. The number of carbonyl (C=O) groups excluding carboxylic acids is 1. The number of para-hydroxylation sites is 1. The molecule has 2 heterocycles. The van der Waals surface area contributed by atoms with Crippen LogP contribution in [0.4, 0.5) is 11.4 Å². The monoisotopic (exact) mass is 473 g/mol. The first kappa shape index (κ1) is 21.8. The van der Waals surface area contributed by atoms with Gasteiger partial charge in [0.1, 0.15) is 0 Å². The van der Waals surface area contributed by atoms with Gasteiger partial charge >= 0.3 is 0 Å². The van der Waals surface area contributed by atoms with Crippen LogP contribution in [-0.4, -0.2) is 47.3 Å². The summed E-state index contributed by atoms with van der Waals surface area (Å²) in [7, 11) is 3.95. The third-order valence-electron chi connectivity index (χ3n) is 5.28. The van der Waals surface area contributed by atoms with Crippen LogP contribution in [0, 0.1) is 0 Å². The van der Waals surface area contributed by atoms with Crippen molar-refractivity contribution in [3.8, 4) is 28.6 Å². The lowest BCUT2D eigenvalue weighted by molar-refractivity contribution is -0.113. The smallest absolute Gasteiger partial charge is 0.234 e. The predicted molar refractivity (Wildman–Crippen MR) is 133 cm³/mol. The van der Waals surface area contributed by atoms with Crippen molar-refractivity contribution < 1.29 is 14.3 Å². The molecule has 1 N–H and O–H groups in total. The molecule has 5 rings (SSSR count). The number of aromatic nitrogens is 3. The molecule has 8 nitrogen and oxygen atoms in total. The number of hydrogen-bond donors (Lipinski definition) is 1. The molecule has 3 aromatic carbocycles. The number of nitrogens with zero attached hydrogens (tertiary/aromatic N) is 4. The van der Waals surface area contributed by atoms with E-state index in [1.54, 1.807) is 0 Å². The molecule has 0 spiro atoms. The van der Waals surface area contributed by atoms with Gasteiger partial charge in [-0.25, -0.2) is 0 Å². The summed E-state index contributed by atoms with van der Waals surface area (Å²) in [5, 5.41) is 12.4. The lowest BCUT2D eigenvalue weighted by Crippen LogP contribution is -2.15. The summed E-state index contributed by atoms with van der Waals surface area (Å²) >= 11 is 1.33. The normalized spacial score (nSPS) is 11.9. The summed E-state index contributed by atoms with van der Waals surface area (Å²) in [5.74, 6) is 2.12. The predicted octanol–water partition coefficient (Wildman–Crippen LogP) is 4.46. The maximum atomic E-state index is 12.6. The first-order valence-corrected chi connectivity index (χ1v) is 11.7. The molecule has 4 aromatic rings. The van der Waals surface area contributed by atoms with Gasteiger partial charge in [-0.05, 0) is 54.6 Å². The van der Waals surface area contributed by atoms with E-state index >= 15 is 0 Å². The van der Waals surface area contributed by atoms with Crippen LogP contribution in [0.1, 0.15) is 0 Å². The SMILES string of the molecule is CN(C)c1ccc(NC(=O)CSc2nnc(-c3ccc4c(c3)OCO4)n2-c2ccccc2)cc1. The fourth-order valence-corrected chi connectivity index (χ4v) is 4.32. The topological polar surface area (TPSA) is 81.5 Å². The maximum Gasteiger partial charge on any atom is 0.234 e. The number of hydrogen-bond acceptors (Lipinski definition) is 7. The molecule has 0 fully saturated rings. The van der Waals surface area contributed by atoms with Crippen molar-refractivity contribution in [2.75, 3.05) is 36.9 Å². The van der Waals surface area contributed by atoms with Gasteiger partial charge in [0.25, 0.3) is 0 Å². The molecule has 0 saturated carbocycles. The molecular weight excluding hydrogens is 450 g/mol. The maximum absolute atomic E-state index is 12.6. The van der Waals surface area contributed by atoms with Crippen LogP contribution in [0.2, 0.25) is 0 Å². The summed E-state index contributed by atoms with van der Waals surface area (Å²) in [6, 6.07) is 23.2. The minimum absolute atomic E-state index is 0.116. The highest BCUT2D eigenvalue weighted by Gasteiger charge is 2.20. The van der Waals surface area contributed by atoms with Crippen LogP contribution in [0.15, 0.2) is 78.0 Å². The molecule has 1 aromatic heterocycles. The van der Waals surface area contributed by atoms with E-state index in [1.807, 2.05) is 96.4 Å². The second kappa shape index (κ2) is 9.48. The Kier molecular flexibility index (Phi) is 6.09. The van der Waals surface area contributed by atoms with Crippen molar-refractivity contribution in [1.29, 1.82) is 0 Å². The Bertz CT molecular complexity index is 1310. The van der Waals surface area contributed by atoms with Gasteiger partial charge in [-0.1, -0.05) is 30.0 Å². The van der Waals surface area contributed by atoms with Crippen molar-refractivity contribution in [3.05, 3.63) is 72.8 Å². The zero-order valence-electron chi connectivity index (χ0n) is 18.8. The molecule has 1 aliphatic rings. The molecule has 0 atom stereocenters. The van der Waals surface area contributed by atoms with Gasteiger partial charge < -0.3 is 19.7 Å². The first-order chi connectivity index (χ1) is 16.6. The van der Waals surface area contributed by atoms with Gasteiger partial charge in [0.2, 0.25) is 12.7 Å². The molecule has 0 bridgehead atoms. The molecule has 0 unspecified atom stereocenters. The molecule has 172 valence electrons. The molecule has 0 saturated heterocycles. The third-order valence-corrected chi connectivity index (χ3v) is 6.21. The van der Waals surface area contributed by atoms with Crippen molar-refractivity contribution >= 4 is 29.0 Å². The van der Waals surface area contributed by atoms with E-state index in [4.69, 9.17) is 9.47 Å². The summed E-state index contributed by atoms with van der Waals surface area (Å²) in [5.41, 5.74) is 3.57. The molecule has 0 radical (unpaired) electrons. The molecule has 1 aliphatic heterocycles. The van der Waals surface area contributed by atoms with Crippen LogP contribution < -0.4 is 19.7 Å². The molecule has 9 heteroatoms. The van der Waals surface area contributed by atoms with Crippen molar-refractivity contribution in [1.82, 2.24) is 14.8 Å². The number of thioether (sulfide) groups is 1. The second-order valence-corrected chi connectivity index (χ2v) is 8.77. The van der Waals surface area contributed by atoms with Gasteiger partial charge in [0, 0.05) is 36.7 Å². The lowest BCUT2D eigenvalue weighted by Gasteiger charge is -2.13. The summed E-state index contributed by atoms with van der Waals surface area (Å²) in [4.78, 5) is 14.6. The number of nitrogens with one attached hydrogen (secondary N) is 1. The van der Waals surface area contributed by atoms with Gasteiger partial charge in [0.15, 0.2) is 22.5 Å². The highest BCUT2D eigenvalue weighted by atomic mass is 32.2. The van der Waals surface area contributed by atoms with Crippen molar-refractivity contribution in [3.63, 3.8) is 0 Å². The molecule has 1 amide bonds. The van der Waals surface area contributed by atoms with Gasteiger partial charge in [-0.2, -0.15) is 0 Å². The van der Waals surface area contributed by atoms with E-state index in [-0.39, 0.29) is 18.5 Å². The van der Waals surface area contributed by atoms with Gasteiger partial charge in [0.05, 0.1) is 5.75 Å². The van der Waals surface area contributed by atoms with E-state index in [0.29, 0.717) is 22.5 Å². The molecular formula is C25H23N5O3S. The Morgan fingerprint density at radius 1 is 1.00 bits per heavy atom. The lowest BCUT2D eigenvalue weighted by atomic mass is 10.2. The van der Waals surface area contributed by atoms with Crippen LogP contribution in [0.5, 0.6) is 11.5 Å². The van der Waals surface area contributed by atoms with E-state index in [9.17, 15) is 4.79 Å². The van der Waals surface area contributed by atoms with E-state index in [2.05, 4.69) is 15.5 Å². The summed E-state index contributed by atoms with van der Waals surface area (Å²) in [6.45, 7) is 0.207. The Labute approximate surface area is 201 Å². The van der Waals surface area contributed by atoms with Crippen LogP contribution in [0.25, 0.3) is 17.1 Å². The van der Waals surface area contributed by atoms with Crippen LogP contribution >= 0.6 is 11.8 Å². The number of rotatable bonds is 7. The number of amides is 1. The summed E-state index contributed by atoms with van der Waals surface area (Å²) in [6.07, 6.45) is 0. The average molecular weight is 474 g/mol. The zero-order valence-corrected chi connectivity index (χ0v) is 19.6. The highest BCUT2D eigenvalue weighted by Crippen LogP contribution is 2.37. The minimum Gasteiger partial charge on any atom is -0.454 e. The van der Waals surface area contributed by atoms with Crippen molar-refractivity contribution in [2.24, 2.45) is 0 Å². The largest absolute Gasteiger partial charge is 0.454 e. The standard InChI is InChI=1S/C25H23N5O3S/c1-29(2)19-11-9-18(10-12-19)26-23(31)15-34-25-28-27-24(30(25)20-6-4-3-5-7-20)17-8-13-21-22(14-17)33-16-32-21/h3-14H,15-16H2,1-2H3,(H,26,31). The highest BCUT2D eigenvalue weighted by molar-refractivity contribution is 7.99. The first-order valence-electron chi connectivity index (χ1n) is 10.7. The fraction of sp³-hybridized carbons (Fsp3) is 0.160. The third kappa shape index (κ3) is 4.55. The number of fused-ring (bicyclic) bond motifs is 1. The average Bonchev–Trinajstić information content (AvgIpc) is 3.50.